The van der Waals surface area contributed by atoms with E-state index < -0.39 is 6.10 Å². The first kappa shape index (κ1) is 14.7. The highest BCUT2D eigenvalue weighted by molar-refractivity contribution is 5.95. The predicted molar refractivity (Wildman–Crippen MR) is 82.4 cm³/mol. The number of carbonyl (C=O) groups is 1. The molecule has 116 valence electrons. The van der Waals surface area contributed by atoms with Crippen LogP contribution in [0.2, 0.25) is 0 Å². The summed E-state index contributed by atoms with van der Waals surface area (Å²) in [6, 6.07) is 13.9. The third-order valence-electron chi connectivity index (χ3n) is 3.33. The first-order chi connectivity index (χ1) is 11.2. The van der Waals surface area contributed by atoms with Gasteiger partial charge in [0.25, 0.3) is 5.91 Å². The monoisotopic (exact) mass is 310 g/mol. The molecule has 23 heavy (non-hydrogen) atoms. The van der Waals surface area contributed by atoms with Crippen LogP contribution in [0, 0.1) is 11.3 Å². The van der Waals surface area contributed by atoms with Crippen LogP contribution in [0.25, 0.3) is 0 Å². The van der Waals surface area contributed by atoms with Crippen LogP contribution in [0.1, 0.15) is 12.5 Å². The van der Waals surface area contributed by atoms with Gasteiger partial charge in [0.1, 0.15) is 11.8 Å². The third-order valence-corrected chi connectivity index (χ3v) is 3.33. The number of hydrogen-bond donors (Lipinski definition) is 1. The van der Waals surface area contributed by atoms with E-state index in [1.807, 2.05) is 6.07 Å². The van der Waals surface area contributed by atoms with Crippen molar-refractivity contribution >= 4 is 11.6 Å². The molecule has 3 rings (SSSR count). The van der Waals surface area contributed by atoms with Crippen LogP contribution in [0.5, 0.6) is 17.2 Å². The van der Waals surface area contributed by atoms with Crippen molar-refractivity contribution in [2.75, 3.05) is 12.1 Å². The minimum atomic E-state index is -0.734. The molecular formula is C17H14N2O4. The number of nitrogens with zero attached hydrogens (tertiary/aromatic N) is 1. The van der Waals surface area contributed by atoms with Crippen molar-refractivity contribution in [2.45, 2.75) is 13.0 Å². The molecule has 0 radical (unpaired) electrons. The molecule has 6 nitrogen and oxygen atoms in total. The summed E-state index contributed by atoms with van der Waals surface area (Å²) in [5.41, 5.74) is 0.859. The standard InChI is InChI=1S/C17H14N2O4/c1-11(17(20)19-14-5-3-2-4-12(14)9-18)23-13-6-7-15-16(8-13)22-10-21-15/h2-8,11H,10H2,1H3,(H,19,20)/t11-/m0/s1. The molecule has 0 saturated carbocycles. The maximum absolute atomic E-state index is 12.2. The Morgan fingerprint density at radius 3 is 2.87 bits per heavy atom. The van der Waals surface area contributed by atoms with E-state index in [2.05, 4.69) is 5.32 Å². The van der Waals surface area contributed by atoms with E-state index in [4.69, 9.17) is 19.5 Å². The number of anilines is 1. The van der Waals surface area contributed by atoms with Crippen LogP contribution in [0.3, 0.4) is 0 Å². The van der Waals surface area contributed by atoms with Gasteiger partial charge >= 0.3 is 0 Å². The predicted octanol–water partition coefficient (Wildman–Crippen LogP) is 2.69. The van der Waals surface area contributed by atoms with Gasteiger partial charge in [0.2, 0.25) is 6.79 Å². The molecule has 2 aromatic rings. The summed E-state index contributed by atoms with van der Waals surface area (Å²) in [4.78, 5) is 12.2. The molecule has 0 aromatic heterocycles. The van der Waals surface area contributed by atoms with E-state index in [1.165, 1.54) is 0 Å². The fraction of sp³-hybridized carbons (Fsp3) is 0.176. The summed E-state index contributed by atoms with van der Waals surface area (Å²) >= 11 is 0. The zero-order valence-corrected chi connectivity index (χ0v) is 12.4. The summed E-state index contributed by atoms with van der Waals surface area (Å²) in [5, 5.41) is 11.7. The lowest BCUT2D eigenvalue weighted by molar-refractivity contribution is -0.122. The fourth-order valence-electron chi connectivity index (χ4n) is 2.13. The fourth-order valence-corrected chi connectivity index (χ4v) is 2.13. The number of para-hydroxylation sites is 1. The lowest BCUT2D eigenvalue weighted by atomic mass is 10.2. The highest BCUT2D eigenvalue weighted by Gasteiger charge is 2.19. The Kier molecular flexibility index (Phi) is 4.02. The molecule has 1 heterocycles. The Morgan fingerprint density at radius 2 is 2.04 bits per heavy atom. The van der Waals surface area contributed by atoms with E-state index in [9.17, 15) is 4.79 Å². The Bertz CT molecular complexity index is 782. The van der Waals surface area contributed by atoms with E-state index in [1.54, 1.807) is 49.4 Å². The number of hydrogen-bond acceptors (Lipinski definition) is 5. The molecule has 1 aliphatic heterocycles. The zero-order chi connectivity index (χ0) is 16.2. The van der Waals surface area contributed by atoms with Crippen molar-refractivity contribution in [2.24, 2.45) is 0 Å². The van der Waals surface area contributed by atoms with Crippen molar-refractivity contribution in [1.82, 2.24) is 0 Å². The number of ether oxygens (including phenoxy) is 3. The highest BCUT2D eigenvalue weighted by Crippen LogP contribution is 2.35. The topological polar surface area (TPSA) is 80.6 Å². The van der Waals surface area contributed by atoms with Gasteiger partial charge in [-0.2, -0.15) is 5.26 Å². The van der Waals surface area contributed by atoms with E-state index in [0.29, 0.717) is 28.5 Å². The minimum Gasteiger partial charge on any atom is -0.481 e. The normalized spacial score (nSPS) is 13.0. The second-order valence-electron chi connectivity index (χ2n) is 4.92. The van der Waals surface area contributed by atoms with Crippen molar-refractivity contribution in [3.63, 3.8) is 0 Å². The van der Waals surface area contributed by atoms with Gasteiger partial charge in [-0.3, -0.25) is 4.79 Å². The Hall–Kier alpha value is -3.20. The number of nitrogens with one attached hydrogen (secondary N) is 1. The van der Waals surface area contributed by atoms with Crippen LogP contribution in [0.4, 0.5) is 5.69 Å². The summed E-state index contributed by atoms with van der Waals surface area (Å²) in [7, 11) is 0. The van der Waals surface area contributed by atoms with E-state index in [-0.39, 0.29) is 12.7 Å². The minimum absolute atomic E-state index is 0.180. The van der Waals surface area contributed by atoms with Crippen LogP contribution in [-0.2, 0) is 4.79 Å². The molecule has 0 aliphatic carbocycles. The molecule has 1 atom stereocenters. The number of fused-ring (bicyclic) bond motifs is 1. The molecule has 1 amide bonds. The van der Waals surface area contributed by atoms with Crippen LogP contribution < -0.4 is 19.5 Å². The smallest absolute Gasteiger partial charge is 0.265 e. The van der Waals surface area contributed by atoms with Crippen molar-refractivity contribution in [3.05, 3.63) is 48.0 Å². The quantitative estimate of drug-likeness (QED) is 0.939. The number of amides is 1. The molecule has 6 heteroatoms. The van der Waals surface area contributed by atoms with Crippen molar-refractivity contribution in [1.29, 1.82) is 5.26 Å². The number of carbonyl (C=O) groups excluding carboxylic acids is 1. The van der Waals surface area contributed by atoms with E-state index >= 15 is 0 Å². The first-order valence-corrected chi connectivity index (χ1v) is 7.03. The highest BCUT2D eigenvalue weighted by atomic mass is 16.7. The molecule has 0 bridgehead atoms. The summed E-state index contributed by atoms with van der Waals surface area (Å²) in [6.45, 7) is 1.81. The number of nitriles is 1. The Morgan fingerprint density at radius 1 is 1.26 bits per heavy atom. The second-order valence-corrected chi connectivity index (χ2v) is 4.92. The average Bonchev–Trinajstić information content (AvgIpc) is 3.03. The molecule has 0 unspecified atom stereocenters. The van der Waals surface area contributed by atoms with Crippen LogP contribution in [0.15, 0.2) is 42.5 Å². The lowest BCUT2D eigenvalue weighted by Crippen LogP contribution is -2.30. The average molecular weight is 310 g/mol. The maximum atomic E-state index is 12.2. The maximum Gasteiger partial charge on any atom is 0.265 e. The SMILES string of the molecule is C[C@H](Oc1ccc2c(c1)OCO2)C(=O)Nc1ccccc1C#N. The molecule has 0 spiro atoms. The van der Waals surface area contributed by atoms with Crippen LogP contribution in [-0.4, -0.2) is 18.8 Å². The molecule has 1 aliphatic rings. The van der Waals surface area contributed by atoms with Gasteiger partial charge in [0.15, 0.2) is 17.6 Å². The van der Waals surface area contributed by atoms with Crippen LogP contribution >= 0.6 is 0 Å². The van der Waals surface area contributed by atoms with Gasteiger partial charge in [0, 0.05) is 6.07 Å². The van der Waals surface area contributed by atoms with Gasteiger partial charge in [-0.1, -0.05) is 12.1 Å². The van der Waals surface area contributed by atoms with Gasteiger partial charge in [-0.25, -0.2) is 0 Å². The summed E-state index contributed by atoms with van der Waals surface area (Å²) in [5.74, 6) is 1.40. The number of rotatable bonds is 4. The van der Waals surface area contributed by atoms with Crippen molar-refractivity contribution in [3.8, 4) is 23.3 Å². The van der Waals surface area contributed by atoms with E-state index in [0.717, 1.165) is 0 Å². The number of benzene rings is 2. The summed E-state index contributed by atoms with van der Waals surface area (Å²) < 4.78 is 16.1. The lowest BCUT2D eigenvalue weighted by Gasteiger charge is -2.15. The van der Waals surface area contributed by atoms with Gasteiger partial charge in [0.05, 0.1) is 11.3 Å². The largest absolute Gasteiger partial charge is 0.481 e. The molecule has 2 aromatic carbocycles. The van der Waals surface area contributed by atoms with Crippen molar-refractivity contribution < 1.29 is 19.0 Å². The molecule has 0 fully saturated rings. The molecule has 1 N–H and O–H groups in total. The van der Waals surface area contributed by atoms with Gasteiger partial charge in [-0.05, 0) is 31.2 Å². The molecule has 0 saturated heterocycles. The van der Waals surface area contributed by atoms with Gasteiger partial charge < -0.3 is 19.5 Å². The van der Waals surface area contributed by atoms with Gasteiger partial charge in [-0.15, -0.1) is 0 Å². The molecular weight excluding hydrogens is 296 g/mol. The zero-order valence-electron chi connectivity index (χ0n) is 12.4. The second kappa shape index (κ2) is 6.28. The third kappa shape index (κ3) is 3.19. The first-order valence-electron chi connectivity index (χ1n) is 7.03. The Balaban J connectivity index is 1.67. The summed E-state index contributed by atoms with van der Waals surface area (Å²) in [6.07, 6.45) is -0.734. The Labute approximate surface area is 133 Å².